The number of amides is 1. The lowest BCUT2D eigenvalue weighted by atomic mass is 10.1. The van der Waals surface area contributed by atoms with Crippen molar-refractivity contribution in [3.05, 3.63) is 29.3 Å². The van der Waals surface area contributed by atoms with Crippen molar-refractivity contribution in [1.82, 2.24) is 5.32 Å². The van der Waals surface area contributed by atoms with Gasteiger partial charge in [-0.2, -0.15) is 0 Å². The molecule has 0 bridgehead atoms. The Morgan fingerprint density at radius 1 is 1.41 bits per heavy atom. The lowest BCUT2D eigenvalue weighted by molar-refractivity contribution is -0.118. The second kappa shape index (κ2) is 4.13. The molecule has 0 radical (unpaired) electrons. The van der Waals surface area contributed by atoms with Crippen molar-refractivity contribution >= 4 is 11.6 Å². The third kappa shape index (κ3) is 1.73. The van der Waals surface area contributed by atoms with Crippen LogP contribution in [0.5, 0.6) is 0 Å². The van der Waals surface area contributed by atoms with Gasteiger partial charge in [0.1, 0.15) is 0 Å². The second-order valence-electron chi connectivity index (χ2n) is 4.75. The van der Waals surface area contributed by atoms with E-state index in [9.17, 15) is 4.79 Å². The highest BCUT2D eigenvalue weighted by atomic mass is 16.2. The fraction of sp³-hybridized carbons (Fsp3) is 0.462. The van der Waals surface area contributed by atoms with Gasteiger partial charge in [0, 0.05) is 18.8 Å². The molecule has 0 aliphatic carbocycles. The summed E-state index contributed by atoms with van der Waals surface area (Å²) in [7, 11) is 0. The van der Waals surface area contributed by atoms with E-state index in [0.29, 0.717) is 19.0 Å². The van der Waals surface area contributed by atoms with Crippen LogP contribution in [0.15, 0.2) is 18.2 Å². The summed E-state index contributed by atoms with van der Waals surface area (Å²) in [6, 6.07) is 6.64. The number of anilines is 1. The van der Waals surface area contributed by atoms with E-state index in [2.05, 4.69) is 23.5 Å². The van der Waals surface area contributed by atoms with Crippen LogP contribution in [0.1, 0.15) is 11.1 Å². The third-order valence-electron chi connectivity index (χ3n) is 3.57. The normalized spacial score (nSPS) is 19.4. The first-order chi connectivity index (χ1) is 8.29. The van der Waals surface area contributed by atoms with E-state index in [1.165, 1.54) is 5.56 Å². The number of benzene rings is 1. The smallest absolute Gasteiger partial charge is 0.231 e. The maximum Gasteiger partial charge on any atom is 0.231 e. The van der Waals surface area contributed by atoms with Gasteiger partial charge in [-0.05, 0) is 30.2 Å². The van der Waals surface area contributed by atoms with Crippen LogP contribution in [0.2, 0.25) is 0 Å². The number of fused-ring (bicyclic) bond motifs is 1. The van der Waals surface area contributed by atoms with Gasteiger partial charge < -0.3 is 16.0 Å². The maximum atomic E-state index is 12.0. The first-order valence-electron chi connectivity index (χ1n) is 6.14. The van der Waals surface area contributed by atoms with Gasteiger partial charge in [-0.25, -0.2) is 0 Å². The summed E-state index contributed by atoms with van der Waals surface area (Å²) >= 11 is 0. The number of carbonyl (C=O) groups excluding carboxylic acids is 1. The summed E-state index contributed by atoms with van der Waals surface area (Å²) in [5.41, 5.74) is 9.04. The van der Waals surface area contributed by atoms with Crippen molar-refractivity contribution in [1.29, 1.82) is 0 Å². The van der Waals surface area contributed by atoms with Crippen LogP contribution >= 0.6 is 0 Å². The Morgan fingerprint density at radius 2 is 2.24 bits per heavy atom. The maximum absolute atomic E-state index is 12.0. The first kappa shape index (κ1) is 10.7. The van der Waals surface area contributed by atoms with Crippen molar-refractivity contribution in [3.8, 4) is 0 Å². The van der Waals surface area contributed by atoms with Gasteiger partial charge in [0.15, 0.2) is 0 Å². The highest BCUT2D eigenvalue weighted by Crippen LogP contribution is 2.32. The number of nitrogens with zero attached hydrogens (tertiary/aromatic N) is 1. The largest absolute Gasteiger partial charge is 0.330 e. The SMILES string of the molecule is NCCc1ccc2c(c1)CC(=O)N2C1CNC1. The van der Waals surface area contributed by atoms with Gasteiger partial charge in [0.2, 0.25) is 5.91 Å². The van der Waals surface area contributed by atoms with Crippen LogP contribution in [-0.2, 0) is 17.6 Å². The summed E-state index contributed by atoms with van der Waals surface area (Å²) in [5, 5.41) is 3.21. The Balaban J connectivity index is 1.91. The summed E-state index contributed by atoms with van der Waals surface area (Å²) in [4.78, 5) is 14.0. The Bertz CT molecular complexity index is 454. The molecule has 1 aromatic carbocycles. The molecule has 1 saturated heterocycles. The number of nitrogens with two attached hydrogens (primary N) is 1. The summed E-state index contributed by atoms with van der Waals surface area (Å²) in [6.07, 6.45) is 1.43. The molecule has 2 aliphatic heterocycles. The molecule has 0 aromatic heterocycles. The molecular weight excluding hydrogens is 214 g/mol. The van der Waals surface area contributed by atoms with Crippen molar-refractivity contribution in [2.75, 3.05) is 24.5 Å². The van der Waals surface area contributed by atoms with Crippen molar-refractivity contribution < 1.29 is 4.79 Å². The zero-order valence-corrected chi connectivity index (χ0v) is 9.78. The summed E-state index contributed by atoms with van der Waals surface area (Å²) in [5.74, 6) is 0.233. The zero-order chi connectivity index (χ0) is 11.8. The van der Waals surface area contributed by atoms with E-state index in [1.54, 1.807) is 0 Å². The van der Waals surface area contributed by atoms with Crippen LogP contribution in [0.3, 0.4) is 0 Å². The molecule has 1 amide bonds. The molecule has 0 atom stereocenters. The molecule has 90 valence electrons. The van der Waals surface area contributed by atoms with E-state index in [4.69, 9.17) is 5.73 Å². The van der Waals surface area contributed by atoms with Crippen LogP contribution in [0.4, 0.5) is 5.69 Å². The van der Waals surface area contributed by atoms with Gasteiger partial charge in [0.25, 0.3) is 0 Å². The molecule has 4 nitrogen and oxygen atoms in total. The van der Waals surface area contributed by atoms with Gasteiger partial charge in [0.05, 0.1) is 12.5 Å². The summed E-state index contributed by atoms with van der Waals surface area (Å²) < 4.78 is 0. The highest BCUT2D eigenvalue weighted by Gasteiger charge is 2.35. The fourth-order valence-electron chi connectivity index (χ4n) is 2.58. The van der Waals surface area contributed by atoms with Gasteiger partial charge in [-0.15, -0.1) is 0 Å². The predicted molar refractivity (Wildman–Crippen MR) is 67.0 cm³/mol. The van der Waals surface area contributed by atoms with Crippen LogP contribution in [-0.4, -0.2) is 31.6 Å². The van der Waals surface area contributed by atoms with Crippen molar-refractivity contribution in [2.24, 2.45) is 5.73 Å². The zero-order valence-electron chi connectivity index (χ0n) is 9.78. The van der Waals surface area contributed by atoms with Gasteiger partial charge >= 0.3 is 0 Å². The average molecular weight is 231 g/mol. The van der Waals surface area contributed by atoms with E-state index in [-0.39, 0.29) is 5.91 Å². The van der Waals surface area contributed by atoms with Gasteiger partial charge in [-0.1, -0.05) is 12.1 Å². The molecule has 3 rings (SSSR count). The van der Waals surface area contributed by atoms with E-state index < -0.39 is 0 Å². The molecule has 1 aromatic rings. The minimum absolute atomic E-state index is 0.233. The lowest BCUT2D eigenvalue weighted by Gasteiger charge is -2.36. The highest BCUT2D eigenvalue weighted by molar-refractivity contribution is 6.02. The van der Waals surface area contributed by atoms with Gasteiger partial charge in [-0.3, -0.25) is 4.79 Å². The fourth-order valence-corrected chi connectivity index (χ4v) is 2.58. The molecule has 0 unspecified atom stereocenters. The molecule has 0 spiro atoms. The number of hydrogen-bond acceptors (Lipinski definition) is 3. The van der Waals surface area contributed by atoms with Crippen molar-refractivity contribution in [2.45, 2.75) is 18.9 Å². The molecule has 1 fully saturated rings. The van der Waals surface area contributed by atoms with Crippen LogP contribution in [0, 0.1) is 0 Å². The first-order valence-corrected chi connectivity index (χ1v) is 6.14. The van der Waals surface area contributed by atoms with Crippen molar-refractivity contribution in [3.63, 3.8) is 0 Å². The van der Waals surface area contributed by atoms with Crippen LogP contribution < -0.4 is 16.0 Å². The number of nitrogens with one attached hydrogen (secondary N) is 1. The average Bonchev–Trinajstić information content (AvgIpc) is 2.54. The topological polar surface area (TPSA) is 58.4 Å². The molecule has 4 heteroatoms. The second-order valence-corrected chi connectivity index (χ2v) is 4.75. The number of carbonyl (C=O) groups is 1. The standard InChI is InChI=1S/C13H17N3O/c14-4-3-9-1-2-12-10(5-9)6-13(17)16(12)11-7-15-8-11/h1-2,5,11,15H,3-4,6-8,14H2. The predicted octanol–water partition coefficient (Wildman–Crippen LogP) is 0.0487. The lowest BCUT2D eigenvalue weighted by Crippen LogP contribution is -2.58. The molecular formula is C13H17N3O. The Hall–Kier alpha value is -1.39. The van der Waals surface area contributed by atoms with E-state index in [0.717, 1.165) is 30.8 Å². The third-order valence-corrected chi connectivity index (χ3v) is 3.57. The minimum Gasteiger partial charge on any atom is -0.330 e. The summed E-state index contributed by atoms with van der Waals surface area (Å²) in [6.45, 7) is 2.48. The van der Waals surface area contributed by atoms with E-state index in [1.807, 2.05) is 4.90 Å². The van der Waals surface area contributed by atoms with E-state index >= 15 is 0 Å². The molecule has 2 aliphatic rings. The molecule has 0 saturated carbocycles. The molecule has 17 heavy (non-hydrogen) atoms. The number of rotatable bonds is 3. The van der Waals surface area contributed by atoms with Crippen LogP contribution in [0.25, 0.3) is 0 Å². The Morgan fingerprint density at radius 3 is 2.88 bits per heavy atom. The molecule has 3 N–H and O–H groups in total. The monoisotopic (exact) mass is 231 g/mol. The quantitative estimate of drug-likeness (QED) is 0.772. The Labute approximate surface area is 101 Å². The molecule has 2 heterocycles. The Kier molecular flexibility index (Phi) is 2.61. The minimum atomic E-state index is 0.233. The number of hydrogen-bond donors (Lipinski definition) is 2.